The zero-order valence-electron chi connectivity index (χ0n) is 27.3. The number of para-hydroxylation sites is 1. The van der Waals surface area contributed by atoms with E-state index in [4.69, 9.17) is 14.8 Å². The van der Waals surface area contributed by atoms with E-state index in [0.29, 0.717) is 11.5 Å². The summed E-state index contributed by atoms with van der Waals surface area (Å²) in [4.78, 5) is 4.70. The summed E-state index contributed by atoms with van der Waals surface area (Å²) in [6, 6.07) is 31.8. The Labute approximate surface area is 299 Å². The van der Waals surface area contributed by atoms with Gasteiger partial charge in [-0.15, -0.1) is 59.2 Å². The van der Waals surface area contributed by atoms with Crippen molar-refractivity contribution in [3.8, 4) is 34.1 Å². The molecule has 0 aliphatic carbocycles. The monoisotopic (exact) mass is 833 g/mol. The molecule has 0 aliphatic rings. The number of aromatic nitrogens is 4. The molecular weight excluding hydrogens is 800 g/mol. The van der Waals surface area contributed by atoms with E-state index in [1.807, 2.05) is 41.2 Å². The van der Waals surface area contributed by atoms with Gasteiger partial charge in [0.2, 0.25) is 0 Å². The Balaban J connectivity index is 0.00000386. The van der Waals surface area contributed by atoms with Crippen LogP contribution < -0.4 is 4.74 Å². The molecule has 0 spiro atoms. The van der Waals surface area contributed by atoms with E-state index in [0.717, 1.165) is 48.9 Å². The van der Waals surface area contributed by atoms with Crippen LogP contribution in [0.4, 0.5) is 0 Å². The molecule has 7 aromatic rings. The predicted molar refractivity (Wildman–Crippen MR) is 193 cm³/mol. The molecule has 3 heterocycles. The second kappa shape index (κ2) is 13.4. The Morgan fingerprint density at radius 3 is 2.28 bits per heavy atom. The van der Waals surface area contributed by atoms with Crippen LogP contribution in [0.15, 0.2) is 89.0 Å². The Morgan fingerprint density at radius 2 is 1.51 bits per heavy atom. The number of hydrogen-bond acceptors (Lipinski definition) is 5. The van der Waals surface area contributed by atoms with Crippen LogP contribution in [0.3, 0.4) is 0 Å². The maximum absolute atomic E-state index is 6.45. The minimum absolute atomic E-state index is 0. The van der Waals surface area contributed by atoms with E-state index >= 15 is 0 Å². The first kappa shape index (κ1) is 33.1. The van der Waals surface area contributed by atoms with E-state index in [9.17, 15) is 0 Å². The van der Waals surface area contributed by atoms with Crippen LogP contribution in [0.2, 0.25) is 0 Å². The van der Waals surface area contributed by atoms with E-state index in [1.54, 1.807) is 23.5 Å². The first-order valence-corrected chi connectivity index (χ1v) is 17.6. The van der Waals surface area contributed by atoms with Crippen LogP contribution in [-0.4, -0.2) is 31.8 Å². The third kappa shape index (κ3) is 5.83. The van der Waals surface area contributed by atoms with Gasteiger partial charge in [-0.3, -0.25) is 4.68 Å². The first-order chi connectivity index (χ1) is 22.3. The quantitative estimate of drug-likeness (QED) is 0.118. The molecule has 4 aromatic carbocycles. The number of benzene rings is 4. The zero-order valence-corrected chi connectivity index (χ0v) is 31.2. The summed E-state index contributed by atoms with van der Waals surface area (Å²) < 4.78 is 10.6. The molecular formula is C39H34N4OPtS2. The average Bonchev–Trinajstić information content (AvgIpc) is 3.59. The number of nitrogens with zero attached hydrogens (tertiary/aromatic N) is 4. The standard InChI is InChI=1S/C39H34N4OS2.Pt/c1-23-17-18-40-35(19-23)42-33-14-9-8-13-31(33)32-16-15-30(22-34(32)42)44-29-12-10-11-28(21-29)43-39(46-7)37(38(41-43)45-6)36-25(3)20-24(2)26(4)27(36)5;/h8-20H,1-7H3;/q-2;+2. The van der Waals surface area contributed by atoms with Crippen LogP contribution in [0.25, 0.3) is 44.4 Å². The molecule has 0 atom stereocenters. The van der Waals surface area contributed by atoms with Crippen LogP contribution >= 0.6 is 23.5 Å². The summed E-state index contributed by atoms with van der Waals surface area (Å²) in [5.41, 5.74) is 11.6. The first-order valence-electron chi connectivity index (χ1n) is 15.2. The van der Waals surface area contributed by atoms with Gasteiger partial charge in [-0.25, -0.2) is 4.98 Å². The van der Waals surface area contributed by atoms with Gasteiger partial charge in [0.1, 0.15) is 15.9 Å². The molecule has 3 aromatic heterocycles. The van der Waals surface area contributed by atoms with E-state index < -0.39 is 0 Å². The van der Waals surface area contributed by atoms with Crippen molar-refractivity contribution < 1.29 is 25.8 Å². The van der Waals surface area contributed by atoms with Gasteiger partial charge >= 0.3 is 21.1 Å². The number of hydrogen-bond donors (Lipinski definition) is 0. The summed E-state index contributed by atoms with van der Waals surface area (Å²) in [7, 11) is 0. The van der Waals surface area contributed by atoms with Crippen molar-refractivity contribution in [3.05, 3.63) is 119 Å². The molecule has 0 saturated heterocycles. The van der Waals surface area contributed by atoms with Gasteiger partial charge in [-0.05, 0) is 110 Å². The van der Waals surface area contributed by atoms with E-state index in [-0.39, 0.29) is 21.1 Å². The molecule has 7 rings (SSSR count). The second-order valence-electron chi connectivity index (χ2n) is 11.6. The molecule has 0 fully saturated rings. The summed E-state index contributed by atoms with van der Waals surface area (Å²) in [5, 5.41) is 9.42. The summed E-state index contributed by atoms with van der Waals surface area (Å²) in [5.74, 6) is 2.05. The van der Waals surface area contributed by atoms with Crippen molar-refractivity contribution in [3.63, 3.8) is 0 Å². The Bertz CT molecular complexity index is 2290. The van der Waals surface area contributed by atoms with Crippen molar-refractivity contribution in [1.29, 1.82) is 0 Å². The van der Waals surface area contributed by atoms with Crippen LogP contribution in [0, 0.1) is 46.8 Å². The third-order valence-electron chi connectivity index (χ3n) is 8.69. The van der Waals surface area contributed by atoms with Gasteiger partial charge in [0.05, 0.1) is 0 Å². The molecule has 0 radical (unpaired) electrons. The number of thioether (sulfide) groups is 2. The van der Waals surface area contributed by atoms with Crippen molar-refractivity contribution in [1.82, 2.24) is 19.3 Å². The molecule has 47 heavy (non-hydrogen) atoms. The third-order valence-corrected chi connectivity index (χ3v) is 10.1. The molecule has 238 valence electrons. The number of fused-ring (bicyclic) bond motifs is 3. The Hall–Kier alpha value is -3.77. The van der Waals surface area contributed by atoms with E-state index in [1.165, 1.54) is 33.4 Å². The molecule has 0 saturated carbocycles. The second-order valence-corrected chi connectivity index (χ2v) is 13.2. The molecule has 8 heteroatoms. The van der Waals surface area contributed by atoms with Crippen LogP contribution in [-0.2, 0) is 21.1 Å². The number of pyridine rings is 1. The van der Waals surface area contributed by atoms with Crippen molar-refractivity contribution in [2.45, 2.75) is 44.7 Å². The minimum Gasteiger partial charge on any atom is -0.509 e. The molecule has 0 unspecified atom stereocenters. The van der Waals surface area contributed by atoms with Crippen molar-refractivity contribution in [2.75, 3.05) is 12.5 Å². The van der Waals surface area contributed by atoms with Gasteiger partial charge < -0.3 is 9.30 Å². The fourth-order valence-corrected chi connectivity index (χ4v) is 7.66. The normalized spacial score (nSPS) is 11.3. The maximum Gasteiger partial charge on any atom is 2.00 e. The number of ether oxygens (including phenoxy) is 1. The Kier molecular flexibility index (Phi) is 9.44. The molecule has 0 bridgehead atoms. The fourth-order valence-electron chi connectivity index (χ4n) is 6.31. The largest absolute Gasteiger partial charge is 2.00 e. The average molecular weight is 834 g/mol. The van der Waals surface area contributed by atoms with Gasteiger partial charge in [0.25, 0.3) is 0 Å². The minimum atomic E-state index is 0. The van der Waals surface area contributed by atoms with Gasteiger partial charge in [0.15, 0.2) is 0 Å². The van der Waals surface area contributed by atoms with Gasteiger partial charge in [-0.1, -0.05) is 29.8 Å². The maximum atomic E-state index is 6.45. The van der Waals surface area contributed by atoms with Crippen LogP contribution in [0.5, 0.6) is 11.5 Å². The summed E-state index contributed by atoms with van der Waals surface area (Å²) >= 11 is 3.37. The number of rotatable bonds is 7. The molecule has 0 N–H and O–H groups in total. The predicted octanol–water partition coefficient (Wildman–Crippen LogP) is 10.4. The zero-order chi connectivity index (χ0) is 32.1. The smallest absolute Gasteiger partial charge is 0.509 e. The fraction of sp³-hybridized carbons (Fsp3) is 0.179. The van der Waals surface area contributed by atoms with Gasteiger partial charge in [-0.2, -0.15) is 17.2 Å². The molecule has 0 aliphatic heterocycles. The van der Waals surface area contributed by atoms with E-state index in [2.05, 4.69) is 106 Å². The SMILES string of the molecule is CSc1nn(-c2[c-]c(Oc3[c-]c4c(cc3)c3ccccc3n4-c3cc(C)ccn3)ccc2)c(SC)c1-c1c(C)cc(C)c(C)c1C.[Pt+2]. The summed E-state index contributed by atoms with van der Waals surface area (Å²) in [6.07, 6.45) is 6.05. The Morgan fingerprint density at radius 1 is 0.723 bits per heavy atom. The molecule has 0 amide bonds. The topological polar surface area (TPSA) is 44.9 Å². The summed E-state index contributed by atoms with van der Waals surface area (Å²) in [6.45, 7) is 10.9. The number of aryl methyl sites for hydroxylation is 3. The van der Waals surface area contributed by atoms with Crippen LogP contribution in [0.1, 0.15) is 27.8 Å². The van der Waals surface area contributed by atoms with Crippen molar-refractivity contribution in [2.24, 2.45) is 0 Å². The van der Waals surface area contributed by atoms with Crippen molar-refractivity contribution >= 4 is 45.3 Å². The molecule has 5 nitrogen and oxygen atoms in total. The van der Waals surface area contributed by atoms with Gasteiger partial charge in [0, 0.05) is 28.8 Å².